The summed E-state index contributed by atoms with van der Waals surface area (Å²) in [4.78, 5) is 0. The first-order valence-corrected chi connectivity index (χ1v) is 6.43. The maximum absolute atomic E-state index is 9.22. The molecule has 0 aliphatic carbocycles. The summed E-state index contributed by atoms with van der Waals surface area (Å²) in [6, 6.07) is 7.61. The summed E-state index contributed by atoms with van der Waals surface area (Å²) in [5.74, 6) is 0.358. The zero-order chi connectivity index (χ0) is 12.0. The number of phenols is 1. The predicted molar refractivity (Wildman–Crippen MR) is 69.7 cm³/mol. The SMILES string of the molecule is CCC(CC)(CC)CCc1ccc(O)cc1. The molecule has 90 valence electrons. The molecule has 16 heavy (non-hydrogen) atoms. The van der Waals surface area contributed by atoms with Gasteiger partial charge in [0.25, 0.3) is 0 Å². The number of hydrogen-bond donors (Lipinski definition) is 1. The van der Waals surface area contributed by atoms with Gasteiger partial charge in [0.05, 0.1) is 0 Å². The Morgan fingerprint density at radius 2 is 1.44 bits per heavy atom. The van der Waals surface area contributed by atoms with Crippen molar-refractivity contribution in [3.05, 3.63) is 29.8 Å². The van der Waals surface area contributed by atoms with Gasteiger partial charge < -0.3 is 5.11 Å². The van der Waals surface area contributed by atoms with Gasteiger partial charge in [-0.3, -0.25) is 0 Å². The highest BCUT2D eigenvalue weighted by molar-refractivity contribution is 5.25. The van der Waals surface area contributed by atoms with E-state index in [9.17, 15) is 5.11 Å². The molecule has 0 heterocycles. The number of phenolic OH excluding ortho intramolecular Hbond substituents is 1. The zero-order valence-corrected chi connectivity index (χ0v) is 10.8. The van der Waals surface area contributed by atoms with Gasteiger partial charge in [-0.2, -0.15) is 0 Å². The van der Waals surface area contributed by atoms with Gasteiger partial charge in [-0.25, -0.2) is 0 Å². The molecule has 0 saturated carbocycles. The molecule has 0 unspecified atom stereocenters. The Morgan fingerprint density at radius 3 is 1.88 bits per heavy atom. The second-order valence-electron chi connectivity index (χ2n) is 4.73. The van der Waals surface area contributed by atoms with Gasteiger partial charge in [-0.1, -0.05) is 52.2 Å². The summed E-state index contributed by atoms with van der Waals surface area (Å²) in [5.41, 5.74) is 1.84. The van der Waals surface area contributed by atoms with Gasteiger partial charge in [-0.15, -0.1) is 0 Å². The van der Waals surface area contributed by atoms with Crippen molar-refractivity contribution in [1.82, 2.24) is 0 Å². The molecule has 0 bridgehead atoms. The smallest absolute Gasteiger partial charge is 0.115 e. The molecule has 0 amide bonds. The molecule has 0 fully saturated rings. The molecular weight excluding hydrogens is 196 g/mol. The van der Waals surface area contributed by atoms with Crippen LogP contribution in [0.3, 0.4) is 0 Å². The Bertz CT molecular complexity index is 287. The van der Waals surface area contributed by atoms with Crippen LogP contribution in [-0.2, 0) is 6.42 Å². The van der Waals surface area contributed by atoms with Crippen molar-refractivity contribution in [2.45, 2.75) is 52.9 Å². The lowest BCUT2D eigenvalue weighted by molar-refractivity contribution is 0.229. The Kier molecular flexibility index (Phi) is 4.85. The molecule has 0 spiro atoms. The maximum Gasteiger partial charge on any atom is 0.115 e. The van der Waals surface area contributed by atoms with Crippen molar-refractivity contribution >= 4 is 0 Å². The Hall–Kier alpha value is -0.980. The third-order valence-corrected chi connectivity index (χ3v) is 4.13. The number of benzene rings is 1. The van der Waals surface area contributed by atoms with Gasteiger partial charge in [-0.05, 0) is 36.0 Å². The molecular formula is C15H24O. The highest BCUT2D eigenvalue weighted by Gasteiger charge is 2.23. The summed E-state index contributed by atoms with van der Waals surface area (Å²) < 4.78 is 0. The molecule has 0 aromatic heterocycles. The lowest BCUT2D eigenvalue weighted by atomic mass is 9.75. The van der Waals surface area contributed by atoms with Gasteiger partial charge in [0.2, 0.25) is 0 Å². The molecule has 0 aliphatic heterocycles. The van der Waals surface area contributed by atoms with Crippen LogP contribution in [-0.4, -0.2) is 5.11 Å². The second kappa shape index (κ2) is 5.93. The van der Waals surface area contributed by atoms with Crippen LogP contribution in [0.15, 0.2) is 24.3 Å². The van der Waals surface area contributed by atoms with Crippen LogP contribution in [0.1, 0.15) is 52.0 Å². The van der Waals surface area contributed by atoms with E-state index in [0.29, 0.717) is 11.2 Å². The monoisotopic (exact) mass is 220 g/mol. The highest BCUT2D eigenvalue weighted by Crippen LogP contribution is 2.35. The second-order valence-corrected chi connectivity index (χ2v) is 4.73. The highest BCUT2D eigenvalue weighted by atomic mass is 16.3. The summed E-state index contributed by atoms with van der Waals surface area (Å²) >= 11 is 0. The third kappa shape index (κ3) is 3.26. The van der Waals surface area contributed by atoms with E-state index < -0.39 is 0 Å². The van der Waals surface area contributed by atoms with Crippen LogP contribution in [0, 0.1) is 5.41 Å². The molecule has 0 aliphatic rings. The van der Waals surface area contributed by atoms with E-state index in [1.807, 2.05) is 12.1 Å². The first-order chi connectivity index (χ1) is 7.65. The molecule has 1 nitrogen and oxygen atoms in total. The van der Waals surface area contributed by atoms with Crippen molar-refractivity contribution in [3.63, 3.8) is 0 Å². The third-order valence-electron chi connectivity index (χ3n) is 4.13. The molecule has 1 heteroatoms. The summed E-state index contributed by atoms with van der Waals surface area (Å²) in [6.45, 7) is 6.89. The number of rotatable bonds is 6. The molecule has 0 radical (unpaired) electrons. The van der Waals surface area contributed by atoms with E-state index in [1.54, 1.807) is 12.1 Å². The minimum Gasteiger partial charge on any atom is -0.508 e. The van der Waals surface area contributed by atoms with E-state index in [4.69, 9.17) is 0 Å². The first kappa shape index (κ1) is 13.1. The van der Waals surface area contributed by atoms with E-state index in [1.165, 1.54) is 31.2 Å². The maximum atomic E-state index is 9.22. The summed E-state index contributed by atoms with van der Waals surface area (Å²) in [7, 11) is 0. The summed E-state index contributed by atoms with van der Waals surface area (Å²) in [6.07, 6.45) is 6.16. The van der Waals surface area contributed by atoms with E-state index >= 15 is 0 Å². The van der Waals surface area contributed by atoms with Crippen LogP contribution in [0.2, 0.25) is 0 Å². The van der Waals surface area contributed by atoms with E-state index in [-0.39, 0.29) is 0 Å². The van der Waals surface area contributed by atoms with Crippen molar-refractivity contribution in [2.24, 2.45) is 5.41 Å². The minimum absolute atomic E-state index is 0.358. The van der Waals surface area contributed by atoms with Crippen LogP contribution in [0.25, 0.3) is 0 Å². The Labute approximate surface area is 99.5 Å². The fourth-order valence-corrected chi connectivity index (χ4v) is 2.35. The predicted octanol–water partition coefficient (Wildman–Crippen LogP) is 4.54. The van der Waals surface area contributed by atoms with Gasteiger partial charge in [0.1, 0.15) is 5.75 Å². The van der Waals surface area contributed by atoms with Crippen LogP contribution in [0.4, 0.5) is 0 Å². The number of aryl methyl sites for hydroxylation is 1. The fourth-order valence-electron chi connectivity index (χ4n) is 2.35. The zero-order valence-electron chi connectivity index (χ0n) is 10.8. The molecule has 1 aromatic rings. The Morgan fingerprint density at radius 1 is 0.938 bits per heavy atom. The normalized spacial score (nSPS) is 11.7. The van der Waals surface area contributed by atoms with Crippen molar-refractivity contribution in [3.8, 4) is 5.75 Å². The van der Waals surface area contributed by atoms with Crippen molar-refractivity contribution < 1.29 is 5.11 Å². The lowest BCUT2D eigenvalue weighted by Crippen LogP contribution is -2.18. The van der Waals surface area contributed by atoms with Gasteiger partial charge in [0, 0.05) is 0 Å². The van der Waals surface area contributed by atoms with Gasteiger partial charge in [0.15, 0.2) is 0 Å². The quantitative estimate of drug-likeness (QED) is 0.746. The van der Waals surface area contributed by atoms with E-state index in [2.05, 4.69) is 20.8 Å². The van der Waals surface area contributed by atoms with Crippen LogP contribution < -0.4 is 0 Å². The number of hydrogen-bond acceptors (Lipinski definition) is 1. The average Bonchev–Trinajstić information content (AvgIpc) is 2.34. The van der Waals surface area contributed by atoms with Gasteiger partial charge >= 0.3 is 0 Å². The molecule has 1 N–H and O–H groups in total. The van der Waals surface area contributed by atoms with E-state index in [0.717, 1.165) is 6.42 Å². The average molecular weight is 220 g/mol. The topological polar surface area (TPSA) is 20.2 Å². The molecule has 1 rings (SSSR count). The van der Waals surface area contributed by atoms with Crippen molar-refractivity contribution in [1.29, 1.82) is 0 Å². The standard InChI is InChI=1S/C15H24O/c1-4-15(5-2,6-3)12-11-13-7-9-14(16)10-8-13/h7-10,16H,4-6,11-12H2,1-3H3. The minimum atomic E-state index is 0.358. The molecule has 1 aromatic carbocycles. The molecule has 0 saturated heterocycles. The summed E-state index contributed by atoms with van der Waals surface area (Å²) in [5, 5.41) is 9.22. The van der Waals surface area contributed by atoms with Crippen LogP contribution >= 0.6 is 0 Å². The van der Waals surface area contributed by atoms with Crippen molar-refractivity contribution in [2.75, 3.05) is 0 Å². The first-order valence-electron chi connectivity index (χ1n) is 6.43. The lowest BCUT2D eigenvalue weighted by Gasteiger charge is -2.30. The fraction of sp³-hybridized carbons (Fsp3) is 0.600. The largest absolute Gasteiger partial charge is 0.508 e. The van der Waals surface area contributed by atoms with Crippen LogP contribution in [0.5, 0.6) is 5.75 Å². The molecule has 0 atom stereocenters. The Balaban J connectivity index is 2.58. The number of aromatic hydroxyl groups is 1.